The zero-order valence-electron chi connectivity index (χ0n) is 25.2. The molecule has 6 rings (SSSR count). The molecule has 1 aromatic carbocycles. The molecule has 232 valence electrons. The molecule has 13 heteroatoms. The molecular weight excluding hydrogens is 595 g/mol. The zero-order valence-corrected chi connectivity index (χ0v) is 26.0. The molecule has 0 fully saturated rings. The number of aromatic nitrogens is 6. The average molecular weight is 629 g/mol. The minimum atomic E-state index is -3.44. The van der Waals surface area contributed by atoms with Crippen LogP contribution in [0.25, 0.3) is 55.6 Å². The Labute approximate surface area is 259 Å². The SMILES string of the molecule is CC(C)(C)CC(O)Nc1cncc(-c2cc3c(-c4cc5c(-c6cc(F)cc(CNS(C)(=O)=O)c6)cncc5[nH]4)n[nH]c3cn2)c1. The van der Waals surface area contributed by atoms with Gasteiger partial charge in [-0.2, -0.15) is 5.10 Å². The molecule has 6 aromatic rings. The second-order valence-electron chi connectivity index (χ2n) is 12.3. The van der Waals surface area contributed by atoms with Crippen molar-refractivity contribution >= 4 is 37.5 Å². The predicted octanol–water partition coefficient (Wildman–Crippen LogP) is 5.59. The first-order valence-corrected chi connectivity index (χ1v) is 16.2. The molecule has 0 spiro atoms. The van der Waals surface area contributed by atoms with Crippen molar-refractivity contribution in [2.24, 2.45) is 5.41 Å². The molecule has 0 radical (unpaired) electrons. The van der Waals surface area contributed by atoms with Gasteiger partial charge in [-0.15, -0.1) is 0 Å². The number of benzene rings is 1. The van der Waals surface area contributed by atoms with Gasteiger partial charge in [0.1, 0.15) is 17.7 Å². The van der Waals surface area contributed by atoms with E-state index in [9.17, 15) is 17.9 Å². The van der Waals surface area contributed by atoms with Crippen LogP contribution in [0.4, 0.5) is 10.1 Å². The smallest absolute Gasteiger partial charge is 0.209 e. The van der Waals surface area contributed by atoms with Gasteiger partial charge in [0.25, 0.3) is 0 Å². The predicted molar refractivity (Wildman–Crippen MR) is 173 cm³/mol. The van der Waals surface area contributed by atoms with Crippen molar-refractivity contribution in [2.45, 2.75) is 40.0 Å². The van der Waals surface area contributed by atoms with Crippen LogP contribution in [0.2, 0.25) is 0 Å². The molecule has 0 saturated carbocycles. The fourth-order valence-corrected chi connectivity index (χ4v) is 5.72. The van der Waals surface area contributed by atoms with E-state index in [0.717, 1.165) is 39.3 Å². The van der Waals surface area contributed by atoms with Gasteiger partial charge in [-0.3, -0.25) is 20.1 Å². The van der Waals surface area contributed by atoms with E-state index in [1.165, 1.54) is 12.1 Å². The van der Waals surface area contributed by atoms with Gasteiger partial charge >= 0.3 is 0 Å². The first kappa shape index (κ1) is 30.3. The summed E-state index contributed by atoms with van der Waals surface area (Å²) in [4.78, 5) is 16.7. The minimum Gasteiger partial charge on any atom is -0.374 e. The van der Waals surface area contributed by atoms with E-state index in [-0.39, 0.29) is 12.0 Å². The number of H-pyrrole nitrogens is 2. The maximum Gasteiger partial charge on any atom is 0.209 e. The van der Waals surface area contributed by atoms with Crippen LogP contribution < -0.4 is 10.0 Å². The second kappa shape index (κ2) is 11.7. The lowest BCUT2D eigenvalue weighted by Crippen LogP contribution is -2.25. The molecule has 5 N–H and O–H groups in total. The van der Waals surface area contributed by atoms with Crippen molar-refractivity contribution in [3.05, 3.63) is 78.8 Å². The number of hydrogen-bond acceptors (Lipinski definition) is 8. The molecule has 45 heavy (non-hydrogen) atoms. The molecule has 5 aromatic heterocycles. The van der Waals surface area contributed by atoms with E-state index in [4.69, 9.17) is 0 Å². The van der Waals surface area contributed by atoms with Crippen LogP contribution in [-0.2, 0) is 16.6 Å². The number of hydrogen-bond donors (Lipinski definition) is 5. The largest absolute Gasteiger partial charge is 0.374 e. The van der Waals surface area contributed by atoms with Gasteiger partial charge in [-0.05, 0) is 59.4 Å². The summed E-state index contributed by atoms with van der Waals surface area (Å²) in [5.74, 6) is -0.485. The summed E-state index contributed by atoms with van der Waals surface area (Å²) in [7, 11) is -3.44. The summed E-state index contributed by atoms with van der Waals surface area (Å²) in [6, 6.07) is 10.2. The third-order valence-electron chi connectivity index (χ3n) is 7.23. The summed E-state index contributed by atoms with van der Waals surface area (Å²) in [6.45, 7) is 6.17. The highest BCUT2D eigenvalue weighted by atomic mass is 32.2. The zero-order chi connectivity index (χ0) is 31.9. The number of aromatic amines is 2. The molecule has 5 heterocycles. The number of nitrogens with one attached hydrogen (secondary N) is 4. The number of pyridine rings is 3. The summed E-state index contributed by atoms with van der Waals surface area (Å²) in [5, 5.41) is 22.8. The van der Waals surface area contributed by atoms with Crippen molar-refractivity contribution in [1.29, 1.82) is 0 Å². The summed E-state index contributed by atoms with van der Waals surface area (Å²) in [6.07, 6.45) is 9.34. The molecule has 1 unspecified atom stereocenters. The first-order chi connectivity index (χ1) is 21.3. The molecule has 0 aliphatic carbocycles. The van der Waals surface area contributed by atoms with Crippen LogP contribution in [0.3, 0.4) is 0 Å². The fourth-order valence-electron chi connectivity index (χ4n) is 5.29. The quantitative estimate of drug-likeness (QED) is 0.130. The van der Waals surface area contributed by atoms with Crippen LogP contribution in [0.5, 0.6) is 0 Å². The Morgan fingerprint density at radius 3 is 2.51 bits per heavy atom. The number of nitrogens with zero attached hydrogens (tertiary/aromatic N) is 4. The Bertz CT molecular complexity index is 2140. The van der Waals surface area contributed by atoms with Gasteiger partial charge in [0.15, 0.2) is 0 Å². The van der Waals surface area contributed by atoms with Gasteiger partial charge in [0.2, 0.25) is 10.0 Å². The maximum absolute atomic E-state index is 14.6. The molecule has 0 saturated heterocycles. The topological polar surface area (TPSA) is 162 Å². The molecule has 0 aliphatic rings. The molecule has 1 atom stereocenters. The van der Waals surface area contributed by atoms with Crippen molar-refractivity contribution in [3.8, 4) is 33.8 Å². The van der Waals surface area contributed by atoms with Crippen molar-refractivity contribution in [2.75, 3.05) is 11.6 Å². The third kappa shape index (κ3) is 7.00. The van der Waals surface area contributed by atoms with Gasteiger partial charge in [-0.25, -0.2) is 17.5 Å². The number of aliphatic hydroxyl groups is 1. The molecule has 0 aliphatic heterocycles. The molecule has 0 bridgehead atoms. The number of halogens is 1. The van der Waals surface area contributed by atoms with Crippen LogP contribution in [0.1, 0.15) is 32.8 Å². The molecular formula is C32H33FN8O3S. The first-order valence-electron chi connectivity index (χ1n) is 14.3. The van der Waals surface area contributed by atoms with E-state index >= 15 is 0 Å². The second-order valence-corrected chi connectivity index (χ2v) is 14.2. The van der Waals surface area contributed by atoms with Crippen LogP contribution in [0, 0.1) is 11.2 Å². The highest BCUT2D eigenvalue weighted by Gasteiger charge is 2.18. The lowest BCUT2D eigenvalue weighted by Gasteiger charge is -2.23. The highest BCUT2D eigenvalue weighted by Crippen LogP contribution is 2.35. The Morgan fingerprint density at radius 2 is 1.73 bits per heavy atom. The Hall–Kier alpha value is -4.72. The van der Waals surface area contributed by atoms with E-state index in [2.05, 4.69) is 60.9 Å². The highest BCUT2D eigenvalue weighted by molar-refractivity contribution is 7.88. The number of fused-ring (bicyclic) bond motifs is 2. The van der Waals surface area contributed by atoms with E-state index in [0.29, 0.717) is 40.2 Å². The summed E-state index contributed by atoms with van der Waals surface area (Å²) < 4.78 is 40.2. The van der Waals surface area contributed by atoms with Crippen LogP contribution in [0.15, 0.2) is 67.4 Å². The summed E-state index contributed by atoms with van der Waals surface area (Å²) >= 11 is 0. The van der Waals surface area contributed by atoms with Crippen molar-refractivity contribution in [3.63, 3.8) is 0 Å². The van der Waals surface area contributed by atoms with Gasteiger partial charge < -0.3 is 15.4 Å². The maximum atomic E-state index is 14.6. The number of sulfonamides is 1. The molecule has 0 amide bonds. The normalized spacial score (nSPS) is 13.0. The van der Waals surface area contributed by atoms with Crippen LogP contribution in [-0.4, -0.2) is 56.1 Å². The lowest BCUT2D eigenvalue weighted by atomic mass is 9.91. The van der Waals surface area contributed by atoms with Crippen LogP contribution >= 0.6 is 0 Å². The van der Waals surface area contributed by atoms with Gasteiger partial charge in [0.05, 0.1) is 53.0 Å². The van der Waals surface area contributed by atoms with Crippen molar-refractivity contribution in [1.82, 2.24) is 34.9 Å². The third-order valence-corrected chi connectivity index (χ3v) is 7.90. The van der Waals surface area contributed by atoms with Gasteiger partial charge in [0, 0.05) is 40.8 Å². The fraction of sp³-hybridized carbons (Fsp3) is 0.250. The average Bonchev–Trinajstić information content (AvgIpc) is 3.58. The number of rotatable bonds is 9. The molecule has 11 nitrogen and oxygen atoms in total. The minimum absolute atomic E-state index is 0.0347. The van der Waals surface area contributed by atoms with E-state index in [1.807, 2.05) is 18.2 Å². The summed E-state index contributed by atoms with van der Waals surface area (Å²) in [5.41, 5.74) is 6.67. The Morgan fingerprint density at radius 1 is 0.933 bits per heavy atom. The Kier molecular flexibility index (Phi) is 7.85. The number of anilines is 1. The van der Waals surface area contributed by atoms with Gasteiger partial charge in [-0.1, -0.05) is 20.8 Å². The van der Waals surface area contributed by atoms with E-state index < -0.39 is 22.1 Å². The van der Waals surface area contributed by atoms with Crippen molar-refractivity contribution < 1.29 is 17.9 Å². The lowest BCUT2D eigenvalue weighted by molar-refractivity contribution is 0.145. The Balaban J connectivity index is 1.34. The standard InChI is InChI=1S/C32H33FN8O3S/c1-32(2,3)11-30(42)38-22-8-20(13-34-14-22)26-10-24-29(17-36-26)40-41-31(24)27-9-23-25(15-35-16-28(23)39-27)19-5-18(6-21(33)7-19)12-37-45(4,43)44/h5-10,13-17,30,37-39,42H,11-12H2,1-4H3,(H,40,41). The van der Waals surface area contributed by atoms with E-state index in [1.54, 1.807) is 37.1 Å². The number of aliphatic hydroxyl groups excluding tert-OH is 1. The monoisotopic (exact) mass is 628 g/mol.